The zero-order chi connectivity index (χ0) is 24.6. The molecule has 0 saturated carbocycles. The predicted octanol–water partition coefficient (Wildman–Crippen LogP) is 5.03. The second kappa shape index (κ2) is 11.2. The van der Waals surface area contributed by atoms with Crippen LogP contribution in [0.1, 0.15) is 20.3 Å². The normalized spacial score (nSPS) is 11.0. The van der Waals surface area contributed by atoms with E-state index in [1.54, 1.807) is 51.3 Å². The Labute approximate surface area is 196 Å². The molecule has 1 heterocycles. The Morgan fingerprint density at radius 3 is 2.56 bits per heavy atom. The maximum absolute atomic E-state index is 14.8. The van der Waals surface area contributed by atoms with Crippen LogP contribution in [0.5, 0.6) is 5.75 Å². The molecule has 3 aromatic rings. The van der Waals surface area contributed by atoms with E-state index >= 15 is 0 Å². The average molecular weight is 468 g/mol. The third kappa shape index (κ3) is 6.76. The largest absolute Gasteiger partial charge is 0.491 e. The van der Waals surface area contributed by atoms with Crippen LogP contribution >= 0.6 is 0 Å². The van der Waals surface area contributed by atoms with Crippen molar-refractivity contribution in [2.24, 2.45) is 5.41 Å². The van der Waals surface area contributed by atoms with Gasteiger partial charge in [-0.05, 0) is 44.5 Å². The van der Waals surface area contributed by atoms with E-state index in [9.17, 15) is 9.18 Å². The number of nitrogens with zero attached hydrogens (tertiary/aromatic N) is 3. The maximum atomic E-state index is 14.8. The number of hydrogen-bond acceptors (Lipinski definition) is 8. The maximum Gasteiger partial charge on any atom is 0.411 e. The molecule has 0 saturated heterocycles. The van der Waals surface area contributed by atoms with E-state index in [-0.39, 0.29) is 12.0 Å². The van der Waals surface area contributed by atoms with Crippen LogP contribution in [0.25, 0.3) is 10.9 Å². The minimum atomic E-state index is -0.609. The first-order valence-corrected chi connectivity index (χ1v) is 10.6. The van der Waals surface area contributed by atoms with Gasteiger partial charge in [0.25, 0.3) is 0 Å². The quantitative estimate of drug-likeness (QED) is 0.399. The van der Waals surface area contributed by atoms with Crippen molar-refractivity contribution in [1.82, 2.24) is 9.97 Å². The fourth-order valence-corrected chi connectivity index (χ4v) is 2.92. The van der Waals surface area contributed by atoms with E-state index in [1.807, 2.05) is 0 Å². The third-order valence-corrected chi connectivity index (χ3v) is 4.88. The van der Waals surface area contributed by atoms with Gasteiger partial charge in [-0.15, -0.1) is 0 Å². The van der Waals surface area contributed by atoms with Crippen molar-refractivity contribution in [3.8, 4) is 11.8 Å². The minimum absolute atomic E-state index is 0.136. The summed E-state index contributed by atoms with van der Waals surface area (Å²) in [6, 6.07) is 11.8. The van der Waals surface area contributed by atoms with Gasteiger partial charge < -0.3 is 19.5 Å². The topological polar surface area (TPSA) is 118 Å². The van der Waals surface area contributed by atoms with Gasteiger partial charge in [0, 0.05) is 30.6 Å². The Kier molecular flexibility index (Phi) is 8.16. The van der Waals surface area contributed by atoms with Crippen molar-refractivity contribution in [3.05, 3.63) is 48.5 Å². The lowest BCUT2D eigenvalue weighted by molar-refractivity contribution is 0.146. The zero-order valence-corrected chi connectivity index (χ0v) is 19.2. The van der Waals surface area contributed by atoms with Crippen LogP contribution in [0.4, 0.5) is 26.4 Å². The number of carbonyl (C=O) groups is 1. The molecule has 1 amide bonds. The highest BCUT2D eigenvalue weighted by atomic mass is 19.1. The molecule has 0 fully saturated rings. The molecule has 0 aliphatic carbocycles. The molecular formula is C24H26FN5O4. The number of rotatable bonds is 10. The fraction of sp³-hybridized carbons (Fsp3) is 0.333. The summed E-state index contributed by atoms with van der Waals surface area (Å²) in [5, 5.41) is 14.9. The monoisotopic (exact) mass is 467 g/mol. The standard InChI is InChI=1S/C24H26FN5O4/c1-24(2,14-26)8-9-34-23(31)30-17-6-4-16(5-7-17)29-22-21-19(25)12-18(33-11-10-32-3)13-20(21)27-15-28-22/h4-7,12-13,15H,8-11H2,1-3H3,(H,30,31)(H,27,28,29). The summed E-state index contributed by atoms with van der Waals surface area (Å²) >= 11 is 0. The number of halogens is 1. The number of ether oxygens (including phenoxy) is 3. The Balaban J connectivity index is 1.64. The SMILES string of the molecule is COCCOc1cc(F)c2c(Nc3ccc(NC(=O)OCCC(C)(C)C#N)cc3)ncnc2c1. The van der Waals surface area contributed by atoms with Gasteiger partial charge in [0.15, 0.2) is 0 Å². The first-order chi connectivity index (χ1) is 16.3. The van der Waals surface area contributed by atoms with Crippen molar-refractivity contribution in [3.63, 3.8) is 0 Å². The number of nitrogens with one attached hydrogen (secondary N) is 2. The summed E-state index contributed by atoms with van der Waals surface area (Å²) in [5.41, 5.74) is 0.989. The molecule has 0 unspecified atom stereocenters. The number of nitriles is 1. The van der Waals surface area contributed by atoms with Gasteiger partial charge in [0.05, 0.1) is 35.6 Å². The molecule has 34 heavy (non-hydrogen) atoms. The Bertz CT molecular complexity index is 1180. The summed E-state index contributed by atoms with van der Waals surface area (Å²) in [4.78, 5) is 20.3. The van der Waals surface area contributed by atoms with E-state index < -0.39 is 17.3 Å². The van der Waals surface area contributed by atoms with E-state index in [2.05, 4.69) is 26.7 Å². The minimum Gasteiger partial charge on any atom is -0.491 e. The van der Waals surface area contributed by atoms with Crippen LogP contribution in [-0.2, 0) is 9.47 Å². The molecule has 2 N–H and O–H groups in total. The molecule has 0 radical (unpaired) electrons. The van der Waals surface area contributed by atoms with Crippen LogP contribution in [-0.4, -0.2) is 43.0 Å². The third-order valence-electron chi connectivity index (χ3n) is 4.88. The smallest absolute Gasteiger partial charge is 0.411 e. The fourth-order valence-electron chi connectivity index (χ4n) is 2.92. The van der Waals surface area contributed by atoms with Crippen LogP contribution in [0.15, 0.2) is 42.7 Å². The van der Waals surface area contributed by atoms with Gasteiger partial charge in [-0.25, -0.2) is 19.2 Å². The molecule has 0 spiro atoms. The van der Waals surface area contributed by atoms with Crippen molar-refractivity contribution >= 4 is 34.2 Å². The number of aromatic nitrogens is 2. The first-order valence-electron chi connectivity index (χ1n) is 10.6. The lowest BCUT2D eigenvalue weighted by atomic mass is 9.92. The van der Waals surface area contributed by atoms with E-state index in [0.29, 0.717) is 48.1 Å². The summed E-state index contributed by atoms with van der Waals surface area (Å²) < 4.78 is 30.3. The molecule has 9 nitrogen and oxygen atoms in total. The summed E-state index contributed by atoms with van der Waals surface area (Å²) in [7, 11) is 1.56. The number of methoxy groups -OCH3 is 1. The van der Waals surface area contributed by atoms with Gasteiger partial charge in [0.2, 0.25) is 0 Å². The first kappa shape index (κ1) is 24.7. The van der Waals surface area contributed by atoms with Crippen molar-refractivity contribution in [2.75, 3.05) is 37.6 Å². The summed E-state index contributed by atoms with van der Waals surface area (Å²) in [6.45, 7) is 4.38. The van der Waals surface area contributed by atoms with Crippen LogP contribution < -0.4 is 15.4 Å². The Morgan fingerprint density at radius 1 is 1.12 bits per heavy atom. The molecule has 0 aliphatic rings. The Hall–Kier alpha value is -3.97. The molecule has 1 aromatic heterocycles. The lowest BCUT2D eigenvalue weighted by Crippen LogP contribution is -2.18. The molecule has 0 aliphatic heterocycles. The van der Waals surface area contributed by atoms with E-state index in [1.165, 1.54) is 12.4 Å². The van der Waals surface area contributed by atoms with Gasteiger partial charge in [0.1, 0.15) is 30.3 Å². The summed E-state index contributed by atoms with van der Waals surface area (Å²) in [6.07, 6.45) is 1.16. The van der Waals surface area contributed by atoms with Crippen molar-refractivity contribution in [2.45, 2.75) is 20.3 Å². The number of fused-ring (bicyclic) bond motifs is 1. The van der Waals surface area contributed by atoms with Crippen molar-refractivity contribution in [1.29, 1.82) is 5.26 Å². The van der Waals surface area contributed by atoms with Crippen LogP contribution in [0.3, 0.4) is 0 Å². The average Bonchev–Trinajstić information content (AvgIpc) is 2.80. The summed E-state index contributed by atoms with van der Waals surface area (Å²) in [5.74, 6) is 0.130. The van der Waals surface area contributed by atoms with Gasteiger partial charge in [-0.1, -0.05) is 0 Å². The predicted molar refractivity (Wildman–Crippen MR) is 126 cm³/mol. The highest BCUT2D eigenvalue weighted by Crippen LogP contribution is 2.29. The van der Waals surface area contributed by atoms with Crippen LogP contribution in [0, 0.1) is 22.6 Å². The molecule has 178 valence electrons. The number of hydrogen-bond donors (Lipinski definition) is 2. The number of benzene rings is 2. The molecule has 10 heteroatoms. The number of carbonyl (C=O) groups excluding carboxylic acids is 1. The molecule has 0 bridgehead atoms. The lowest BCUT2D eigenvalue weighted by Gasteiger charge is -2.15. The second-order valence-electron chi connectivity index (χ2n) is 8.07. The molecule has 2 aromatic carbocycles. The van der Waals surface area contributed by atoms with Crippen LogP contribution in [0.2, 0.25) is 0 Å². The Morgan fingerprint density at radius 2 is 1.85 bits per heavy atom. The molecular weight excluding hydrogens is 441 g/mol. The number of anilines is 3. The van der Waals surface area contributed by atoms with Gasteiger partial charge in [-0.2, -0.15) is 5.26 Å². The highest BCUT2D eigenvalue weighted by molar-refractivity contribution is 5.92. The molecule has 0 atom stereocenters. The molecule has 3 rings (SSSR count). The highest BCUT2D eigenvalue weighted by Gasteiger charge is 2.17. The van der Waals surface area contributed by atoms with Crippen molar-refractivity contribution < 1.29 is 23.4 Å². The van der Waals surface area contributed by atoms with E-state index in [4.69, 9.17) is 19.5 Å². The second-order valence-corrected chi connectivity index (χ2v) is 8.07. The zero-order valence-electron chi connectivity index (χ0n) is 19.2. The van der Waals surface area contributed by atoms with Gasteiger partial charge >= 0.3 is 6.09 Å². The van der Waals surface area contributed by atoms with Gasteiger partial charge in [-0.3, -0.25) is 5.32 Å². The van der Waals surface area contributed by atoms with E-state index in [0.717, 1.165) is 0 Å². The number of amides is 1.